The van der Waals surface area contributed by atoms with Gasteiger partial charge in [0.15, 0.2) is 0 Å². The van der Waals surface area contributed by atoms with Crippen LogP contribution in [0.1, 0.15) is 36.5 Å². The van der Waals surface area contributed by atoms with E-state index in [1.807, 2.05) is 4.90 Å². The highest BCUT2D eigenvalue weighted by atomic mass is 32.2. The Morgan fingerprint density at radius 1 is 0.882 bits per heavy atom. The Morgan fingerprint density at radius 2 is 1.50 bits per heavy atom. The van der Waals surface area contributed by atoms with Gasteiger partial charge in [0, 0.05) is 64.8 Å². The number of piperidine rings is 1. The zero-order valence-electron chi connectivity index (χ0n) is 20.0. The highest BCUT2D eigenvalue weighted by Gasteiger charge is 2.30. The molecule has 1 aromatic rings. The van der Waals surface area contributed by atoms with Gasteiger partial charge < -0.3 is 14.5 Å². The van der Waals surface area contributed by atoms with Crippen molar-refractivity contribution in [1.82, 2.24) is 19.0 Å². The van der Waals surface area contributed by atoms with E-state index in [1.165, 1.54) is 23.4 Å². The van der Waals surface area contributed by atoms with E-state index in [-0.39, 0.29) is 29.8 Å². The van der Waals surface area contributed by atoms with Crippen molar-refractivity contribution >= 4 is 21.8 Å². The normalized spacial score (nSPS) is 21.6. The SMILES string of the molecule is CC(=O)N1CCN(S(=O)(=O)c2ccc(C(=O)N3CCC(CCN4CCOCC4)CC3)cc2)CC1. The molecule has 3 aliphatic heterocycles. The molecule has 0 saturated carbocycles. The molecule has 3 aliphatic rings. The van der Waals surface area contributed by atoms with Gasteiger partial charge in [0.25, 0.3) is 5.91 Å². The Hall–Kier alpha value is -2.01. The molecule has 4 rings (SSSR count). The van der Waals surface area contributed by atoms with Gasteiger partial charge in [0.05, 0.1) is 18.1 Å². The molecule has 0 aliphatic carbocycles. The van der Waals surface area contributed by atoms with Gasteiger partial charge in [-0.05, 0) is 56.0 Å². The van der Waals surface area contributed by atoms with Crippen molar-refractivity contribution in [2.75, 3.05) is 72.1 Å². The fourth-order valence-corrected chi connectivity index (χ4v) is 6.38. The molecule has 3 saturated heterocycles. The van der Waals surface area contributed by atoms with Crippen LogP contribution in [-0.2, 0) is 19.6 Å². The molecule has 10 heteroatoms. The smallest absolute Gasteiger partial charge is 0.253 e. The van der Waals surface area contributed by atoms with Gasteiger partial charge in [0.2, 0.25) is 15.9 Å². The van der Waals surface area contributed by atoms with E-state index >= 15 is 0 Å². The van der Waals surface area contributed by atoms with Crippen LogP contribution in [0.2, 0.25) is 0 Å². The zero-order chi connectivity index (χ0) is 24.1. The second kappa shape index (κ2) is 11.2. The monoisotopic (exact) mass is 492 g/mol. The molecule has 3 fully saturated rings. The Bertz CT molecular complexity index is 946. The van der Waals surface area contributed by atoms with Crippen molar-refractivity contribution < 1.29 is 22.7 Å². The molecular weight excluding hydrogens is 456 g/mol. The number of morpholine rings is 1. The summed E-state index contributed by atoms with van der Waals surface area (Å²) in [5.41, 5.74) is 0.520. The summed E-state index contributed by atoms with van der Waals surface area (Å²) in [5, 5.41) is 0. The Balaban J connectivity index is 1.27. The number of piperazine rings is 1. The number of amides is 2. The quantitative estimate of drug-likeness (QED) is 0.591. The topological polar surface area (TPSA) is 90.5 Å². The molecule has 0 radical (unpaired) electrons. The second-order valence-corrected chi connectivity index (χ2v) is 11.4. The van der Waals surface area contributed by atoms with Crippen molar-refractivity contribution in [3.8, 4) is 0 Å². The number of hydrogen-bond donors (Lipinski definition) is 0. The minimum Gasteiger partial charge on any atom is -0.379 e. The van der Waals surface area contributed by atoms with E-state index in [9.17, 15) is 18.0 Å². The first-order chi connectivity index (χ1) is 16.3. The van der Waals surface area contributed by atoms with Crippen LogP contribution in [0.15, 0.2) is 29.2 Å². The predicted octanol–water partition coefficient (Wildman–Crippen LogP) is 1.11. The second-order valence-electron chi connectivity index (χ2n) is 9.41. The van der Waals surface area contributed by atoms with Gasteiger partial charge in [-0.3, -0.25) is 14.5 Å². The summed E-state index contributed by atoms with van der Waals surface area (Å²) in [6.45, 7) is 9.10. The van der Waals surface area contributed by atoms with Crippen molar-refractivity contribution in [2.24, 2.45) is 5.92 Å². The highest BCUT2D eigenvalue weighted by molar-refractivity contribution is 7.89. The summed E-state index contributed by atoms with van der Waals surface area (Å²) in [4.78, 5) is 30.6. The van der Waals surface area contributed by atoms with E-state index < -0.39 is 10.0 Å². The first kappa shape index (κ1) is 25.1. The Labute approximate surface area is 202 Å². The van der Waals surface area contributed by atoms with E-state index in [0.29, 0.717) is 24.6 Å². The maximum absolute atomic E-state index is 13.0. The summed E-state index contributed by atoms with van der Waals surface area (Å²) in [6, 6.07) is 6.28. The van der Waals surface area contributed by atoms with Crippen LogP contribution in [0.4, 0.5) is 0 Å². The molecule has 0 spiro atoms. The number of nitrogens with zero attached hydrogens (tertiary/aromatic N) is 4. The molecule has 34 heavy (non-hydrogen) atoms. The van der Waals surface area contributed by atoms with Crippen molar-refractivity contribution in [3.63, 3.8) is 0 Å². The third-order valence-electron chi connectivity index (χ3n) is 7.28. The number of hydrogen-bond acceptors (Lipinski definition) is 6. The summed E-state index contributed by atoms with van der Waals surface area (Å²) in [6.07, 6.45) is 3.18. The van der Waals surface area contributed by atoms with Crippen LogP contribution in [0.3, 0.4) is 0 Å². The third-order valence-corrected chi connectivity index (χ3v) is 9.19. The lowest BCUT2D eigenvalue weighted by Crippen LogP contribution is -2.49. The summed E-state index contributed by atoms with van der Waals surface area (Å²) in [7, 11) is -3.64. The van der Waals surface area contributed by atoms with Gasteiger partial charge in [-0.25, -0.2) is 8.42 Å². The van der Waals surface area contributed by atoms with Crippen molar-refractivity contribution in [2.45, 2.75) is 31.1 Å². The molecule has 0 atom stereocenters. The standard InChI is InChI=1S/C24H36N4O5S/c1-20(29)26-12-14-28(15-13-26)34(31,32)23-4-2-22(3-5-23)24(30)27-10-7-21(8-11-27)6-9-25-16-18-33-19-17-25/h2-5,21H,6-19H2,1H3. The number of ether oxygens (including phenoxy) is 1. The maximum Gasteiger partial charge on any atom is 0.253 e. The van der Waals surface area contributed by atoms with Crippen LogP contribution in [-0.4, -0.2) is 111 Å². The summed E-state index contributed by atoms with van der Waals surface area (Å²) in [5.74, 6) is 0.564. The Kier molecular flexibility index (Phi) is 8.23. The molecule has 0 aromatic heterocycles. The van der Waals surface area contributed by atoms with Gasteiger partial charge in [0.1, 0.15) is 0 Å². The highest BCUT2D eigenvalue weighted by Crippen LogP contribution is 2.24. The number of rotatable bonds is 6. The molecule has 3 heterocycles. The van der Waals surface area contributed by atoms with Crippen molar-refractivity contribution in [3.05, 3.63) is 29.8 Å². The molecule has 9 nitrogen and oxygen atoms in total. The molecule has 188 valence electrons. The van der Waals surface area contributed by atoms with Gasteiger partial charge in [-0.1, -0.05) is 0 Å². The maximum atomic E-state index is 13.0. The average molecular weight is 493 g/mol. The fourth-order valence-electron chi connectivity index (χ4n) is 4.96. The first-order valence-corrected chi connectivity index (χ1v) is 13.7. The number of carbonyl (C=O) groups is 2. The average Bonchev–Trinajstić information content (AvgIpc) is 2.88. The third kappa shape index (κ3) is 5.97. The lowest BCUT2D eigenvalue weighted by Gasteiger charge is -2.34. The fraction of sp³-hybridized carbons (Fsp3) is 0.667. The van der Waals surface area contributed by atoms with Gasteiger partial charge >= 0.3 is 0 Å². The molecule has 0 N–H and O–H groups in total. The van der Waals surface area contributed by atoms with Crippen LogP contribution >= 0.6 is 0 Å². The number of likely N-dealkylation sites (tertiary alicyclic amines) is 1. The molecule has 0 bridgehead atoms. The number of benzene rings is 1. The van der Waals surface area contributed by atoms with Crippen LogP contribution in [0, 0.1) is 5.92 Å². The Morgan fingerprint density at radius 3 is 2.09 bits per heavy atom. The lowest BCUT2D eigenvalue weighted by molar-refractivity contribution is -0.129. The summed E-state index contributed by atoms with van der Waals surface area (Å²) >= 11 is 0. The lowest BCUT2D eigenvalue weighted by atomic mass is 9.93. The van der Waals surface area contributed by atoms with Crippen molar-refractivity contribution in [1.29, 1.82) is 0 Å². The molecule has 0 unspecified atom stereocenters. The van der Waals surface area contributed by atoms with Crippen LogP contribution < -0.4 is 0 Å². The molecule has 1 aromatic carbocycles. The zero-order valence-corrected chi connectivity index (χ0v) is 20.8. The number of carbonyl (C=O) groups excluding carboxylic acids is 2. The van der Waals surface area contributed by atoms with Gasteiger partial charge in [-0.15, -0.1) is 0 Å². The van der Waals surface area contributed by atoms with Crippen LogP contribution in [0.25, 0.3) is 0 Å². The predicted molar refractivity (Wildman–Crippen MR) is 128 cm³/mol. The van der Waals surface area contributed by atoms with E-state index in [0.717, 1.165) is 65.2 Å². The number of sulfonamides is 1. The van der Waals surface area contributed by atoms with E-state index in [2.05, 4.69) is 4.90 Å². The van der Waals surface area contributed by atoms with E-state index in [4.69, 9.17) is 4.74 Å². The van der Waals surface area contributed by atoms with Gasteiger partial charge in [-0.2, -0.15) is 4.31 Å². The largest absolute Gasteiger partial charge is 0.379 e. The minimum absolute atomic E-state index is 0.0364. The molecule has 2 amide bonds. The first-order valence-electron chi connectivity index (χ1n) is 12.3. The van der Waals surface area contributed by atoms with E-state index in [1.54, 1.807) is 17.0 Å². The summed E-state index contributed by atoms with van der Waals surface area (Å²) < 4.78 is 32.8. The molecular formula is C24H36N4O5S. The van der Waals surface area contributed by atoms with Crippen LogP contribution in [0.5, 0.6) is 0 Å². The minimum atomic E-state index is -3.64.